The Morgan fingerprint density at radius 3 is 2.45 bits per heavy atom. The Kier molecular flexibility index (Phi) is 2.44. The van der Waals surface area contributed by atoms with Crippen molar-refractivity contribution in [2.45, 2.75) is 26.5 Å². The molecule has 2 unspecified atom stereocenters. The topological polar surface area (TPSA) is 40.5 Å². The summed E-state index contributed by atoms with van der Waals surface area (Å²) in [4.78, 5) is 11.2. The number of hydrogen-bond donors (Lipinski definition) is 2. The summed E-state index contributed by atoms with van der Waals surface area (Å²) < 4.78 is 1.12. The van der Waals surface area contributed by atoms with E-state index < -0.39 is 6.23 Å². The Labute approximate surface area is 71.9 Å². The highest BCUT2D eigenvalue weighted by molar-refractivity contribution is 7.78. The molecule has 11 heavy (non-hydrogen) atoms. The van der Waals surface area contributed by atoms with E-state index >= 15 is 0 Å². The van der Waals surface area contributed by atoms with E-state index in [2.05, 4.69) is 12.8 Å². The average Bonchev–Trinajstić information content (AvgIpc) is 2.17. The lowest BCUT2D eigenvalue weighted by Crippen LogP contribution is -2.25. The largest absolute Gasteiger partial charge is 0.373 e. The first kappa shape index (κ1) is 8.87. The maximum Gasteiger partial charge on any atom is 0.237 e. The van der Waals surface area contributed by atoms with E-state index in [1.54, 1.807) is 0 Å². The second-order valence-corrected chi connectivity index (χ2v) is 3.68. The van der Waals surface area contributed by atoms with Gasteiger partial charge in [0, 0.05) is 12.3 Å². The van der Waals surface area contributed by atoms with Crippen LogP contribution in [0.3, 0.4) is 0 Å². The molecule has 1 fully saturated rings. The van der Waals surface area contributed by atoms with Gasteiger partial charge in [0.1, 0.15) is 6.23 Å². The van der Waals surface area contributed by atoms with Crippen LogP contribution in [0.1, 0.15) is 20.3 Å². The molecule has 64 valence electrons. The molecular weight excluding hydrogens is 162 g/mol. The summed E-state index contributed by atoms with van der Waals surface area (Å²) in [5.74, 6) is 0.174. The monoisotopic (exact) mass is 175 g/mol. The first-order valence-electron chi connectivity index (χ1n) is 3.74. The van der Waals surface area contributed by atoms with Gasteiger partial charge in [0.15, 0.2) is 0 Å². The third-order valence-electron chi connectivity index (χ3n) is 2.09. The van der Waals surface area contributed by atoms with E-state index in [9.17, 15) is 9.90 Å². The van der Waals surface area contributed by atoms with E-state index in [4.69, 9.17) is 0 Å². The Morgan fingerprint density at radius 1 is 1.73 bits per heavy atom. The molecular formula is C7H13NO2S. The van der Waals surface area contributed by atoms with Crippen LogP contribution in [-0.4, -0.2) is 21.5 Å². The lowest BCUT2D eigenvalue weighted by atomic mass is 9.94. The first-order chi connectivity index (χ1) is 5.04. The summed E-state index contributed by atoms with van der Waals surface area (Å²) in [6.45, 7) is 3.95. The van der Waals surface area contributed by atoms with Gasteiger partial charge in [0.25, 0.3) is 0 Å². The molecule has 0 saturated carbocycles. The molecule has 0 bridgehead atoms. The highest BCUT2D eigenvalue weighted by Gasteiger charge is 2.38. The average molecular weight is 175 g/mol. The second kappa shape index (κ2) is 3.03. The predicted molar refractivity (Wildman–Crippen MR) is 44.8 cm³/mol. The third-order valence-corrected chi connectivity index (χ3v) is 2.56. The Hall–Kier alpha value is -0.220. The van der Waals surface area contributed by atoms with Crippen molar-refractivity contribution in [3.05, 3.63) is 0 Å². The molecule has 0 aromatic heterocycles. The Balaban J connectivity index is 2.67. The minimum absolute atomic E-state index is 0.0532. The molecule has 0 spiro atoms. The quantitative estimate of drug-likeness (QED) is 0.575. The molecule has 1 aliphatic heterocycles. The SMILES string of the molecule is CC(C)C1CC(O)N(S)C1=O. The van der Waals surface area contributed by atoms with Crippen molar-refractivity contribution in [1.29, 1.82) is 0 Å². The zero-order chi connectivity index (χ0) is 8.59. The van der Waals surface area contributed by atoms with Crippen LogP contribution < -0.4 is 0 Å². The number of aliphatic hydroxyl groups excluding tert-OH is 1. The maximum absolute atomic E-state index is 11.2. The second-order valence-electron chi connectivity index (χ2n) is 3.25. The fraction of sp³-hybridized carbons (Fsp3) is 0.857. The third kappa shape index (κ3) is 1.51. The van der Waals surface area contributed by atoms with Crippen LogP contribution in [-0.2, 0) is 4.79 Å². The number of carbonyl (C=O) groups is 1. The van der Waals surface area contributed by atoms with Gasteiger partial charge in [-0.05, 0) is 5.92 Å². The van der Waals surface area contributed by atoms with Gasteiger partial charge in [-0.3, -0.25) is 9.10 Å². The molecule has 0 aliphatic carbocycles. The molecule has 1 amide bonds. The lowest BCUT2D eigenvalue weighted by molar-refractivity contribution is -0.129. The van der Waals surface area contributed by atoms with Gasteiger partial charge >= 0.3 is 0 Å². The molecule has 1 aliphatic rings. The van der Waals surface area contributed by atoms with Gasteiger partial charge in [-0.1, -0.05) is 26.7 Å². The van der Waals surface area contributed by atoms with Crippen molar-refractivity contribution in [2.24, 2.45) is 11.8 Å². The van der Waals surface area contributed by atoms with Crippen LogP contribution in [0.15, 0.2) is 0 Å². The number of rotatable bonds is 1. The molecule has 0 radical (unpaired) electrons. The number of hydrogen-bond acceptors (Lipinski definition) is 3. The predicted octanol–water partition coefficient (Wildman–Crippen LogP) is 0.654. The molecule has 0 aromatic carbocycles. The summed E-state index contributed by atoms with van der Waals surface area (Å²) in [6, 6.07) is 0. The van der Waals surface area contributed by atoms with Crippen LogP contribution in [0.4, 0.5) is 0 Å². The van der Waals surface area contributed by atoms with Crippen LogP contribution in [0.5, 0.6) is 0 Å². The summed E-state index contributed by atoms with van der Waals surface area (Å²) in [5, 5.41) is 9.22. The van der Waals surface area contributed by atoms with E-state index in [1.165, 1.54) is 0 Å². The minimum Gasteiger partial charge on any atom is -0.373 e. The molecule has 0 aromatic rings. The maximum atomic E-state index is 11.2. The molecule has 2 atom stereocenters. The smallest absolute Gasteiger partial charge is 0.237 e. The Bertz CT molecular complexity index is 172. The summed E-state index contributed by atoms with van der Waals surface area (Å²) in [7, 11) is 0. The van der Waals surface area contributed by atoms with Gasteiger partial charge in [-0.15, -0.1) is 0 Å². The van der Waals surface area contributed by atoms with Gasteiger partial charge < -0.3 is 5.11 Å². The van der Waals surface area contributed by atoms with E-state index in [-0.39, 0.29) is 17.7 Å². The normalized spacial score (nSPS) is 32.1. The lowest BCUT2D eigenvalue weighted by Gasteiger charge is -2.12. The van der Waals surface area contributed by atoms with Crippen molar-refractivity contribution in [3.8, 4) is 0 Å². The molecule has 3 nitrogen and oxygen atoms in total. The van der Waals surface area contributed by atoms with Crippen LogP contribution in [0.2, 0.25) is 0 Å². The number of thiol groups is 1. The Morgan fingerprint density at radius 2 is 2.27 bits per heavy atom. The standard InChI is InChI=1S/C7H13NO2S/c1-4(2)5-3-6(9)8(11)7(5)10/h4-6,9,11H,3H2,1-2H3. The molecule has 1 rings (SSSR count). The molecule has 1 N–H and O–H groups in total. The first-order valence-corrected chi connectivity index (χ1v) is 4.14. The fourth-order valence-corrected chi connectivity index (χ4v) is 1.54. The van der Waals surface area contributed by atoms with Crippen molar-refractivity contribution in [3.63, 3.8) is 0 Å². The summed E-state index contributed by atoms with van der Waals surface area (Å²) >= 11 is 3.87. The van der Waals surface area contributed by atoms with Crippen molar-refractivity contribution in [1.82, 2.24) is 4.31 Å². The number of amides is 1. The molecule has 4 heteroatoms. The van der Waals surface area contributed by atoms with Crippen molar-refractivity contribution < 1.29 is 9.90 Å². The fourth-order valence-electron chi connectivity index (χ4n) is 1.30. The van der Waals surface area contributed by atoms with E-state index in [0.717, 1.165) is 4.31 Å². The van der Waals surface area contributed by atoms with Gasteiger partial charge in [-0.2, -0.15) is 0 Å². The minimum atomic E-state index is -0.696. The zero-order valence-corrected chi connectivity index (χ0v) is 7.58. The summed E-state index contributed by atoms with van der Waals surface area (Å²) in [5.41, 5.74) is 0. The molecule has 1 heterocycles. The van der Waals surface area contributed by atoms with Gasteiger partial charge in [0.2, 0.25) is 5.91 Å². The van der Waals surface area contributed by atoms with E-state index in [0.29, 0.717) is 6.42 Å². The van der Waals surface area contributed by atoms with Crippen LogP contribution >= 0.6 is 12.8 Å². The van der Waals surface area contributed by atoms with E-state index in [1.807, 2.05) is 13.8 Å². The highest BCUT2D eigenvalue weighted by Crippen LogP contribution is 2.29. The summed E-state index contributed by atoms with van der Waals surface area (Å²) in [6.07, 6.45) is -0.182. The number of aliphatic hydroxyl groups is 1. The van der Waals surface area contributed by atoms with Crippen molar-refractivity contribution >= 4 is 18.7 Å². The van der Waals surface area contributed by atoms with Gasteiger partial charge in [0.05, 0.1) is 0 Å². The zero-order valence-electron chi connectivity index (χ0n) is 6.69. The van der Waals surface area contributed by atoms with Crippen LogP contribution in [0.25, 0.3) is 0 Å². The molecule has 1 saturated heterocycles. The van der Waals surface area contributed by atoms with Gasteiger partial charge in [-0.25, -0.2) is 0 Å². The number of nitrogens with zero attached hydrogens (tertiary/aromatic N) is 1. The van der Waals surface area contributed by atoms with Crippen molar-refractivity contribution in [2.75, 3.05) is 0 Å². The highest BCUT2D eigenvalue weighted by atomic mass is 32.1. The number of carbonyl (C=O) groups excluding carboxylic acids is 1. The van der Waals surface area contributed by atoms with Crippen LogP contribution in [0, 0.1) is 11.8 Å².